The Hall–Kier alpha value is -2.35. The summed E-state index contributed by atoms with van der Waals surface area (Å²) in [6.45, 7) is 11.9. The largest absolute Gasteiger partial charge is 0.472 e. The van der Waals surface area contributed by atoms with Gasteiger partial charge in [0.2, 0.25) is 11.8 Å². The van der Waals surface area contributed by atoms with Gasteiger partial charge >= 0.3 is 0 Å². The van der Waals surface area contributed by atoms with Crippen molar-refractivity contribution in [1.82, 2.24) is 25.4 Å². The van der Waals surface area contributed by atoms with Crippen LogP contribution in [0.3, 0.4) is 0 Å². The first-order valence-corrected chi connectivity index (χ1v) is 10.8. The van der Waals surface area contributed by atoms with Crippen molar-refractivity contribution in [2.24, 2.45) is 4.99 Å². The molecule has 8 nitrogen and oxygen atoms in total. The first-order valence-electron chi connectivity index (χ1n) is 10.8. The summed E-state index contributed by atoms with van der Waals surface area (Å²) in [5.41, 5.74) is 0.701. The van der Waals surface area contributed by atoms with Gasteiger partial charge in [-0.1, -0.05) is 13.0 Å². The predicted molar refractivity (Wildman–Crippen MR) is 121 cm³/mol. The van der Waals surface area contributed by atoms with Crippen LogP contribution in [0, 0.1) is 0 Å². The zero-order valence-electron chi connectivity index (χ0n) is 19.4. The van der Waals surface area contributed by atoms with Crippen molar-refractivity contribution in [3.8, 4) is 5.88 Å². The van der Waals surface area contributed by atoms with E-state index in [9.17, 15) is 4.79 Å². The number of likely N-dealkylation sites (N-methyl/N-ethyl adjacent to an activating group) is 2. The molecule has 2 rings (SSSR count). The van der Waals surface area contributed by atoms with Gasteiger partial charge in [0, 0.05) is 38.9 Å². The quantitative estimate of drug-likeness (QED) is 0.495. The first-order chi connectivity index (χ1) is 14.2. The molecular formula is C22H38N6O2. The van der Waals surface area contributed by atoms with E-state index in [0.717, 1.165) is 25.2 Å². The number of likely N-dealkylation sites (tertiary alicyclic amines) is 1. The summed E-state index contributed by atoms with van der Waals surface area (Å²) >= 11 is 0. The zero-order chi connectivity index (χ0) is 22.1. The van der Waals surface area contributed by atoms with E-state index in [1.807, 2.05) is 32.9 Å². The van der Waals surface area contributed by atoms with Crippen LogP contribution in [0.15, 0.2) is 23.3 Å². The summed E-state index contributed by atoms with van der Waals surface area (Å²) in [5, 5.41) is 6.57. The molecule has 0 bridgehead atoms. The Balaban J connectivity index is 1.99. The number of pyridine rings is 1. The number of aliphatic imine (C=N–C) groups is 1. The minimum atomic E-state index is -0.279. The van der Waals surface area contributed by atoms with Gasteiger partial charge in [-0.05, 0) is 52.3 Å². The molecule has 1 aliphatic heterocycles. The van der Waals surface area contributed by atoms with Crippen LogP contribution in [0.25, 0.3) is 0 Å². The van der Waals surface area contributed by atoms with Gasteiger partial charge in [0.15, 0.2) is 5.96 Å². The van der Waals surface area contributed by atoms with Gasteiger partial charge in [-0.2, -0.15) is 0 Å². The third-order valence-corrected chi connectivity index (χ3v) is 4.94. The molecular weight excluding hydrogens is 380 g/mol. The molecule has 168 valence electrons. The lowest BCUT2D eigenvalue weighted by molar-refractivity contribution is -0.127. The van der Waals surface area contributed by atoms with Crippen LogP contribution in [0.4, 0.5) is 0 Å². The van der Waals surface area contributed by atoms with Gasteiger partial charge in [-0.3, -0.25) is 9.69 Å². The van der Waals surface area contributed by atoms with E-state index in [1.165, 1.54) is 12.8 Å². The van der Waals surface area contributed by atoms with Crippen molar-refractivity contribution in [1.29, 1.82) is 0 Å². The third-order valence-electron chi connectivity index (χ3n) is 4.94. The summed E-state index contributed by atoms with van der Waals surface area (Å²) in [6.07, 6.45) is 4.20. The zero-order valence-corrected chi connectivity index (χ0v) is 19.4. The second-order valence-electron chi connectivity index (χ2n) is 8.83. The molecule has 2 heterocycles. The molecule has 30 heavy (non-hydrogen) atoms. The molecule has 1 aliphatic rings. The van der Waals surface area contributed by atoms with Crippen molar-refractivity contribution in [2.75, 3.05) is 40.3 Å². The van der Waals surface area contributed by atoms with Crippen molar-refractivity contribution in [3.05, 3.63) is 23.9 Å². The molecule has 8 heteroatoms. The number of carbonyl (C=O) groups excluding carboxylic acids is 1. The highest BCUT2D eigenvalue weighted by Crippen LogP contribution is 2.16. The smallest absolute Gasteiger partial charge is 0.241 e. The molecule has 0 aromatic carbocycles. The number of aromatic nitrogens is 1. The van der Waals surface area contributed by atoms with Crippen molar-refractivity contribution >= 4 is 11.9 Å². The second-order valence-corrected chi connectivity index (χ2v) is 8.83. The number of carbonyl (C=O) groups is 1. The number of hydrogen-bond donors (Lipinski definition) is 2. The third kappa shape index (κ3) is 8.18. The molecule has 0 spiro atoms. The van der Waals surface area contributed by atoms with Gasteiger partial charge in [-0.15, -0.1) is 0 Å². The van der Waals surface area contributed by atoms with Gasteiger partial charge in [0.05, 0.1) is 13.1 Å². The van der Waals surface area contributed by atoms with E-state index in [1.54, 1.807) is 25.2 Å². The fourth-order valence-electron chi connectivity index (χ4n) is 3.30. The molecule has 1 fully saturated rings. The Bertz CT molecular complexity index is 697. The highest BCUT2D eigenvalue weighted by Gasteiger charge is 2.23. The molecule has 0 aliphatic carbocycles. The molecule has 0 radical (unpaired) electrons. The fourth-order valence-corrected chi connectivity index (χ4v) is 3.30. The van der Waals surface area contributed by atoms with Crippen LogP contribution in [0.5, 0.6) is 5.88 Å². The average Bonchev–Trinajstić information content (AvgIpc) is 3.14. The molecule has 0 saturated carbocycles. The average molecular weight is 419 g/mol. The fraction of sp³-hybridized carbons (Fsp3) is 0.682. The Kier molecular flexibility index (Phi) is 8.89. The Morgan fingerprint density at radius 1 is 1.33 bits per heavy atom. The number of amides is 1. The molecule has 1 atom stereocenters. The van der Waals surface area contributed by atoms with Crippen LogP contribution >= 0.6 is 0 Å². The minimum absolute atomic E-state index is 0.00546. The maximum atomic E-state index is 12.0. The van der Waals surface area contributed by atoms with Crippen LogP contribution in [-0.2, 0) is 11.3 Å². The Labute approximate surface area is 181 Å². The van der Waals surface area contributed by atoms with Gasteiger partial charge in [-0.25, -0.2) is 9.98 Å². The van der Waals surface area contributed by atoms with Gasteiger partial charge in [0.25, 0.3) is 0 Å². The summed E-state index contributed by atoms with van der Waals surface area (Å²) in [7, 11) is 3.50. The highest BCUT2D eigenvalue weighted by atomic mass is 16.5. The van der Waals surface area contributed by atoms with Crippen LogP contribution in [0.2, 0.25) is 0 Å². The van der Waals surface area contributed by atoms with E-state index in [2.05, 4.69) is 32.4 Å². The second kappa shape index (κ2) is 11.2. The number of hydrogen-bond acceptors (Lipinski definition) is 5. The van der Waals surface area contributed by atoms with E-state index < -0.39 is 0 Å². The van der Waals surface area contributed by atoms with Crippen LogP contribution < -0.4 is 15.4 Å². The van der Waals surface area contributed by atoms with E-state index in [4.69, 9.17) is 4.74 Å². The lowest BCUT2D eigenvalue weighted by atomic mass is 10.2. The number of guanidine groups is 1. The number of ether oxygens (including phenoxy) is 1. The summed E-state index contributed by atoms with van der Waals surface area (Å²) in [6, 6.07) is 4.34. The molecule has 1 saturated heterocycles. The lowest BCUT2D eigenvalue weighted by Gasteiger charge is -2.24. The summed E-state index contributed by atoms with van der Waals surface area (Å²) < 4.78 is 5.77. The predicted octanol–water partition coefficient (Wildman–Crippen LogP) is 1.87. The summed E-state index contributed by atoms with van der Waals surface area (Å²) in [4.78, 5) is 25.1. The van der Waals surface area contributed by atoms with Crippen LogP contribution in [-0.4, -0.2) is 78.6 Å². The summed E-state index contributed by atoms with van der Waals surface area (Å²) in [5.74, 6) is 1.25. The SMILES string of the molecule is CCN1CCCC1CNC(=NCc1ccc(OC(C)(C)C)nc1)NCC(=O)N(C)C. The van der Waals surface area contributed by atoms with E-state index in [-0.39, 0.29) is 18.1 Å². The minimum Gasteiger partial charge on any atom is -0.472 e. The molecule has 1 aromatic heterocycles. The van der Waals surface area contributed by atoms with E-state index in [0.29, 0.717) is 24.4 Å². The Morgan fingerprint density at radius 3 is 2.70 bits per heavy atom. The number of nitrogens with zero attached hydrogens (tertiary/aromatic N) is 4. The van der Waals surface area contributed by atoms with Crippen molar-refractivity contribution in [3.63, 3.8) is 0 Å². The standard InChI is InChI=1S/C22H38N6O2/c1-7-28-12-8-9-18(28)15-25-21(26-16-20(29)27(5)6)24-14-17-10-11-19(23-13-17)30-22(2,3)4/h10-11,13,18H,7-9,12,14-16H2,1-6H3,(H2,24,25,26). The maximum absolute atomic E-state index is 12.0. The molecule has 1 amide bonds. The number of nitrogens with one attached hydrogen (secondary N) is 2. The van der Waals surface area contributed by atoms with Crippen molar-refractivity contribution in [2.45, 2.75) is 58.7 Å². The van der Waals surface area contributed by atoms with Gasteiger partial charge < -0.3 is 20.3 Å². The molecule has 1 unspecified atom stereocenters. The lowest BCUT2D eigenvalue weighted by Crippen LogP contribution is -2.47. The molecule has 2 N–H and O–H groups in total. The molecule has 1 aromatic rings. The van der Waals surface area contributed by atoms with Gasteiger partial charge in [0.1, 0.15) is 5.60 Å². The normalized spacial score (nSPS) is 17.7. The number of rotatable bonds is 8. The first kappa shape index (κ1) is 23.9. The highest BCUT2D eigenvalue weighted by molar-refractivity contribution is 5.86. The van der Waals surface area contributed by atoms with Crippen LogP contribution in [0.1, 0.15) is 46.1 Å². The Morgan fingerprint density at radius 2 is 2.10 bits per heavy atom. The topological polar surface area (TPSA) is 82.1 Å². The van der Waals surface area contributed by atoms with E-state index >= 15 is 0 Å². The maximum Gasteiger partial charge on any atom is 0.241 e. The monoisotopic (exact) mass is 418 g/mol. The van der Waals surface area contributed by atoms with Crippen molar-refractivity contribution < 1.29 is 9.53 Å².